The Hall–Kier alpha value is -1.21. The summed E-state index contributed by atoms with van der Waals surface area (Å²) in [6.45, 7) is 12.7. The fraction of sp³-hybridized carbons (Fsp3) is 0.789. The highest BCUT2D eigenvalue weighted by atomic mass is 32.2. The quantitative estimate of drug-likeness (QED) is 0.517. The first-order valence-corrected chi connectivity index (χ1v) is 10.7. The van der Waals surface area contributed by atoms with Gasteiger partial charge in [0.15, 0.2) is 0 Å². The van der Waals surface area contributed by atoms with Gasteiger partial charge in [0.25, 0.3) is 0 Å². The molecule has 26 heavy (non-hydrogen) atoms. The molecular formula is C19H33N3O3S. The predicted molar refractivity (Wildman–Crippen MR) is 106 cm³/mol. The lowest BCUT2D eigenvalue weighted by molar-refractivity contribution is -0.137. The number of nitrogens with zero attached hydrogens (tertiary/aromatic N) is 1. The summed E-state index contributed by atoms with van der Waals surface area (Å²) in [5.41, 5.74) is 0.719. The van der Waals surface area contributed by atoms with Gasteiger partial charge in [0.05, 0.1) is 6.61 Å². The standard InChI is InChI=1S/C19H33N3O3S/c1-5-25-19(24)17-15(4)21-16(12-26-17)18(23)20-7-6-8-22-10-13(2)9-14(3)11-22/h13-14,16,21H,5-12H2,1-4H3,(H,20,23). The zero-order valence-corrected chi connectivity index (χ0v) is 17.3. The SMILES string of the molecule is CCOC(=O)C1=C(C)NC(C(=O)NCCCN2CC(C)CC(C)C2)CS1. The molecule has 0 aromatic heterocycles. The first-order valence-electron chi connectivity index (χ1n) is 9.68. The third kappa shape index (κ3) is 6.20. The number of esters is 1. The first-order chi connectivity index (χ1) is 12.4. The van der Waals surface area contributed by atoms with Gasteiger partial charge >= 0.3 is 5.97 Å². The highest BCUT2D eigenvalue weighted by molar-refractivity contribution is 8.04. The molecule has 3 atom stereocenters. The number of ether oxygens (including phenoxy) is 1. The second kappa shape index (κ2) is 10.2. The summed E-state index contributed by atoms with van der Waals surface area (Å²) in [6, 6.07) is -0.298. The van der Waals surface area contributed by atoms with Crippen LogP contribution < -0.4 is 10.6 Å². The predicted octanol–water partition coefficient (Wildman–Crippen LogP) is 1.97. The van der Waals surface area contributed by atoms with Crippen molar-refractivity contribution in [2.45, 2.75) is 46.6 Å². The summed E-state index contributed by atoms with van der Waals surface area (Å²) >= 11 is 1.39. The number of amides is 1. The van der Waals surface area contributed by atoms with Crippen LogP contribution >= 0.6 is 11.8 Å². The van der Waals surface area contributed by atoms with Crippen molar-refractivity contribution in [2.24, 2.45) is 11.8 Å². The van der Waals surface area contributed by atoms with Gasteiger partial charge in [-0.2, -0.15) is 0 Å². The number of likely N-dealkylation sites (tertiary alicyclic amines) is 1. The topological polar surface area (TPSA) is 70.7 Å². The van der Waals surface area contributed by atoms with E-state index in [0.717, 1.165) is 30.5 Å². The number of carbonyl (C=O) groups is 2. The zero-order chi connectivity index (χ0) is 19.1. The molecule has 0 aliphatic carbocycles. The van der Waals surface area contributed by atoms with E-state index in [-0.39, 0.29) is 17.9 Å². The Morgan fingerprint density at radius 3 is 2.62 bits per heavy atom. The van der Waals surface area contributed by atoms with E-state index in [2.05, 4.69) is 29.4 Å². The Morgan fingerprint density at radius 1 is 1.31 bits per heavy atom. The molecule has 7 heteroatoms. The molecule has 6 nitrogen and oxygen atoms in total. The molecule has 148 valence electrons. The molecule has 2 heterocycles. The van der Waals surface area contributed by atoms with Gasteiger partial charge in [-0.3, -0.25) is 4.79 Å². The molecule has 2 N–H and O–H groups in total. The number of thioether (sulfide) groups is 1. The van der Waals surface area contributed by atoms with Crippen LogP contribution in [0, 0.1) is 11.8 Å². The monoisotopic (exact) mass is 383 g/mol. The Kier molecular flexibility index (Phi) is 8.28. The zero-order valence-electron chi connectivity index (χ0n) is 16.5. The molecule has 3 unspecified atom stereocenters. The van der Waals surface area contributed by atoms with Crippen molar-refractivity contribution in [3.63, 3.8) is 0 Å². The maximum atomic E-state index is 12.4. The molecule has 2 aliphatic rings. The Labute approximate surface area is 161 Å². The number of hydrogen-bond acceptors (Lipinski definition) is 6. The molecule has 0 bridgehead atoms. The van der Waals surface area contributed by atoms with Crippen LogP contribution in [0.2, 0.25) is 0 Å². The van der Waals surface area contributed by atoms with Gasteiger partial charge in [0, 0.05) is 31.1 Å². The number of hydrogen-bond donors (Lipinski definition) is 2. The van der Waals surface area contributed by atoms with E-state index >= 15 is 0 Å². The summed E-state index contributed by atoms with van der Waals surface area (Å²) < 4.78 is 5.04. The average molecular weight is 384 g/mol. The van der Waals surface area contributed by atoms with Crippen molar-refractivity contribution in [2.75, 3.05) is 38.5 Å². The summed E-state index contributed by atoms with van der Waals surface area (Å²) in [4.78, 5) is 27.3. The minimum atomic E-state index is -0.314. The van der Waals surface area contributed by atoms with Gasteiger partial charge in [-0.05, 0) is 45.1 Å². The van der Waals surface area contributed by atoms with E-state index < -0.39 is 0 Å². The van der Waals surface area contributed by atoms with Crippen molar-refractivity contribution in [1.82, 2.24) is 15.5 Å². The minimum absolute atomic E-state index is 0.000129. The van der Waals surface area contributed by atoms with Crippen LogP contribution in [0.4, 0.5) is 0 Å². The van der Waals surface area contributed by atoms with Gasteiger partial charge in [-0.25, -0.2) is 4.79 Å². The molecule has 1 saturated heterocycles. The van der Waals surface area contributed by atoms with Gasteiger partial charge in [-0.15, -0.1) is 11.8 Å². The maximum Gasteiger partial charge on any atom is 0.346 e. The molecule has 1 amide bonds. The van der Waals surface area contributed by atoms with Crippen LogP contribution in [-0.4, -0.2) is 61.4 Å². The molecular weight excluding hydrogens is 350 g/mol. The molecule has 2 aliphatic heterocycles. The van der Waals surface area contributed by atoms with E-state index in [0.29, 0.717) is 23.8 Å². The van der Waals surface area contributed by atoms with E-state index in [1.54, 1.807) is 6.92 Å². The number of allylic oxidation sites excluding steroid dienone is 1. The molecule has 0 aromatic carbocycles. The fourth-order valence-electron chi connectivity index (χ4n) is 3.81. The lowest BCUT2D eigenvalue weighted by atomic mass is 9.92. The maximum absolute atomic E-state index is 12.4. The largest absolute Gasteiger partial charge is 0.462 e. The molecule has 0 spiro atoms. The van der Waals surface area contributed by atoms with Crippen LogP contribution in [-0.2, 0) is 14.3 Å². The van der Waals surface area contributed by atoms with Crippen LogP contribution in [0.3, 0.4) is 0 Å². The first kappa shape index (κ1) is 21.1. The smallest absolute Gasteiger partial charge is 0.346 e. The lowest BCUT2D eigenvalue weighted by Gasteiger charge is -2.35. The van der Waals surface area contributed by atoms with Crippen molar-refractivity contribution in [1.29, 1.82) is 0 Å². The second-order valence-electron chi connectivity index (χ2n) is 7.53. The van der Waals surface area contributed by atoms with Gasteiger partial charge in [-0.1, -0.05) is 13.8 Å². The Bertz CT molecular complexity index is 528. The number of nitrogens with one attached hydrogen (secondary N) is 2. The highest BCUT2D eigenvalue weighted by Gasteiger charge is 2.28. The van der Waals surface area contributed by atoms with Crippen LogP contribution in [0.15, 0.2) is 10.6 Å². The van der Waals surface area contributed by atoms with Crippen LogP contribution in [0.5, 0.6) is 0 Å². The third-order valence-corrected chi connectivity index (χ3v) is 6.06. The summed E-state index contributed by atoms with van der Waals surface area (Å²) in [6.07, 6.45) is 2.28. The van der Waals surface area contributed by atoms with Crippen molar-refractivity contribution in [3.8, 4) is 0 Å². The Balaban J connectivity index is 1.70. The summed E-state index contributed by atoms with van der Waals surface area (Å²) in [5, 5.41) is 6.17. The molecule has 0 radical (unpaired) electrons. The van der Waals surface area contributed by atoms with E-state index in [1.807, 2.05) is 6.92 Å². The minimum Gasteiger partial charge on any atom is -0.462 e. The molecule has 2 rings (SSSR count). The average Bonchev–Trinajstić information content (AvgIpc) is 2.57. The molecule has 0 aromatic rings. The lowest BCUT2D eigenvalue weighted by Crippen LogP contribution is -2.48. The van der Waals surface area contributed by atoms with E-state index in [1.165, 1.54) is 31.3 Å². The van der Waals surface area contributed by atoms with Crippen molar-refractivity contribution < 1.29 is 14.3 Å². The third-order valence-electron chi connectivity index (χ3n) is 4.80. The van der Waals surface area contributed by atoms with Gasteiger partial charge < -0.3 is 20.3 Å². The second-order valence-corrected chi connectivity index (χ2v) is 8.56. The number of piperidine rings is 1. The van der Waals surface area contributed by atoms with Gasteiger partial charge in [0.1, 0.15) is 10.9 Å². The summed E-state index contributed by atoms with van der Waals surface area (Å²) in [5.74, 6) is 1.75. The fourth-order valence-corrected chi connectivity index (χ4v) is 4.83. The van der Waals surface area contributed by atoms with E-state index in [4.69, 9.17) is 4.74 Å². The Morgan fingerprint density at radius 2 is 2.00 bits per heavy atom. The molecule has 1 fully saturated rings. The van der Waals surface area contributed by atoms with Crippen molar-refractivity contribution >= 4 is 23.6 Å². The van der Waals surface area contributed by atoms with Crippen LogP contribution in [0.25, 0.3) is 0 Å². The van der Waals surface area contributed by atoms with Gasteiger partial charge in [0.2, 0.25) is 5.91 Å². The molecule has 0 saturated carbocycles. The number of rotatable bonds is 7. The number of carbonyl (C=O) groups excluding carboxylic acids is 2. The normalized spacial score (nSPS) is 27.0. The summed E-state index contributed by atoms with van der Waals surface area (Å²) in [7, 11) is 0. The van der Waals surface area contributed by atoms with Crippen LogP contribution in [0.1, 0.15) is 40.5 Å². The highest BCUT2D eigenvalue weighted by Crippen LogP contribution is 2.26. The van der Waals surface area contributed by atoms with Crippen molar-refractivity contribution in [3.05, 3.63) is 10.6 Å². The van der Waals surface area contributed by atoms with E-state index in [9.17, 15) is 9.59 Å².